The Morgan fingerprint density at radius 3 is 2.31 bits per heavy atom. The first kappa shape index (κ1) is 11.2. The molecule has 0 bridgehead atoms. The zero-order chi connectivity index (χ0) is 11.6. The van der Waals surface area contributed by atoms with Crippen molar-refractivity contribution in [1.29, 1.82) is 0 Å². The molecule has 1 radical (unpaired) electrons. The summed E-state index contributed by atoms with van der Waals surface area (Å²) < 4.78 is 24.3. The summed E-state index contributed by atoms with van der Waals surface area (Å²) in [6.45, 7) is 0. The number of sulfone groups is 1. The lowest BCUT2D eigenvalue weighted by Gasteiger charge is -2.05. The van der Waals surface area contributed by atoms with Crippen LogP contribution in [-0.2, 0) is 9.84 Å². The van der Waals surface area contributed by atoms with Crippen LogP contribution in [0.5, 0.6) is 0 Å². The highest BCUT2D eigenvalue weighted by Gasteiger charge is 2.19. The molecule has 0 aromatic heterocycles. The molecule has 0 fully saturated rings. The number of halogens is 1. The molecule has 2 aromatic rings. The SMILES string of the molecule is O=S(=O)(c1[c]cccc1)c1ccccc1Cl. The Morgan fingerprint density at radius 1 is 1.00 bits per heavy atom. The van der Waals surface area contributed by atoms with Crippen molar-refractivity contribution in [2.75, 3.05) is 0 Å². The van der Waals surface area contributed by atoms with Gasteiger partial charge in [0.05, 0.1) is 14.8 Å². The maximum atomic E-state index is 12.1. The van der Waals surface area contributed by atoms with Gasteiger partial charge in [0.25, 0.3) is 0 Å². The molecule has 0 aliphatic heterocycles. The van der Waals surface area contributed by atoms with E-state index in [4.69, 9.17) is 11.6 Å². The first-order valence-electron chi connectivity index (χ1n) is 4.59. The van der Waals surface area contributed by atoms with Crippen molar-refractivity contribution in [3.05, 3.63) is 59.6 Å². The van der Waals surface area contributed by atoms with E-state index >= 15 is 0 Å². The minimum absolute atomic E-state index is 0.110. The third-order valence-electron chi connectivity index (χ3n) is 2.10. The maximum Gasteiger partial charge on any atom is 0.208 e. The molecule has 0 saturated carbocycles. The molecular weight excluding hydrogens is 244 g/mol. The second-order valence-corrected chi connectivity index (χ2v) is 5.45. The molecule has 0 atom stereocenters. The summed E-state index contributed by atoms with van der Waals surface area (Å²) in [6.07, 6.45) is 0. The van der Waals surface area contributed by atoms with Gasteiger partial charge in [0.15, 0.2) is 0 Å². The van der Waals surface area contributed by atoms with E-state index in [0.29, 0.717) is 0 Å². The highest BCUT2D eigenvalue weighted by atomic mass is 35.5. The minimum atomic E-state index is -3.56. The van der Waals surface area contributed by atoms with E-state index in [2.05, 4.69) is 6.07 Å². The van der Waals surface area contributed by atoms with Gasteiger partial charge in [-0.2, -0.15) is 0 Å². The smallest absolute Gasteiger partial charge is 0.208 e. The van der Waals surface area contributed by atoms with Gasteiger partial charge in [0, 0.05) is 6.07 Å². The lowest BCUT2D eigenvalue weighted by molar-refractivity contribution is 0.596. The van der Waals surface area contributed by atoms with Crippen LogP contribution in [-0.4, -0.2) is 8.42 Å². The lowest BCUT2D eigenvalue weighted by atomic mass is 10.4. The molecule has 0 aliphatic carbocycles. The number of hydrogen-bond donors (Lipinski definition) is 0. The average Bonchev–Trinajstić information content (AvgIpc) is 2.30. The Hall–Kier alpha value is -1.32. The molecule has 2 nitrogen and oxygen atoms in total. The van der Waals surface area contributed by atoms with Crippen molar-refractivity contribution in [1.82, 2.24) is 0 Å². The van der Waals surface area contributed by atoms with E-state index in [1.54, 1.807) is 36.4 Å². The molecule has 0 spiro atoms. The zero-order valence-electron chi connectivity index (χ0n) is 8.22. The highest BCUT2D eigenvalue weighted by molar-refractivity contribution is 7.91. The molecule has 16 heavy (non-hydrogen) atoms. The molecule has 2 aromatic carbocycles. The van der Waals surface area contributed by atoms with Gasteiger partial charge in [0.1, 0.15) is 0 Å². The molecule has 0 N–H and O–H groups in total. The van der Waals surface area contributed by atoms with Gasteiger partial charge < -0.3 is 0 Å². The topological polar surface area (TPSA) is 34.1 Å². The van der Waals surface area contributed by atoms with Crippen molar-refractivity contribution in [2.24, 2.45) is 0 Å². The fourth-order valence-electron chi connectivity index (χ4n) is 1.33. The van der Waals surface area contributed by atoms with Crippen molar-refractivity contribution < 1.29 is 8.42 Å². The fraction of sp³-hybridized carbons (Fsp3) is 0. The minimum Gasteiger partial charge on any atom is -0.218 e. The second kappa shape index (κ2) is 4.28. The van der Waals surface area contributed by atoms with Gasteiger partial charge in [-0.1, -0.05) is 41.9 Å². The van der Waals surface area contributed by atoms with Crippen molar-refractivity contribution in [2.45, 2.75) is 9.79 Å². The Morgan fingerprint density at radius 2 is 1.69 bits per heavy atom. The van der Waals surface area contributed by atoms with Crippen molar-refractivity contribution >= 4 is 21.4 Å². The normalized spacial score (nSPS) is 11.3. The van der Waals surface area contributed by atoms with Crippen LogP contribution >= 0.6 is 11.6 Å². The van der Waals surface area contributed by atoms with Crippen LogP contribution < -0.4 is 0 Å². The molecule has 0 heterocycles. The predicted octanol–water partition coefficient (Wildman–Crippen LogP) is 2.97. The molecule has 0 amide bonds. The molecular formula is C12H8ClO2S. The van der Waals surface area contributed by atoms with E-state index in [1.165, 1.54) is 12.1 Å². The van der Waals surface area contributed by atoms with Crippen LogP contribution in [0.3, 0.4) is 0 Å². The Bertz CT molecular complexity index is 591. The summed E-state index contributed by atoms with van der Waals surface area (Å²) in [4.78, 5) is 0.238. The van der Waals surface area contributed by atoms with E-state index in [9.17, 15) is 8.42 Å². The number of benzene rings is 2. The monoisotopic (exact) mass is 251 g/mol. The standard InChI is InChI=1S/C12H8ClO2S/c13-11-8-4-5-9-12(11)16(14,15)10-6-2-1-3-7-10/h1-6,8-9H. The Balaban J connectivity index is 2.62. The van der Waals surface area contributed by atoms with Gasteiger partial charge in [-0.25, -0.2) is 8.42 Å². The van der Waals surface area contributed by atoms with Gasteiger partial charge in [-0.3, -0.25) is 0 Å². The van der Waals surface area contributed by atoms with E-state index in [0.717, 1.165) is 0 Å². The predicted molar refractivity (Wildman–Crippen MR) is 62.2 cm³/mol. The van der Waals surface area contributed by atoms with Gasteiger partial charge in [-0.15, -0.1) is 0 Å². The van der Waals surface area contributed by atoms with Gasteiger partial charge >= 0.3 is 0 Å². The van der Waals surface area contributed by atoms with Gasteiger partial charge in [0.2, 0.25) is 9.84 Å². The maximum absolute atomic E-state index is 12.1. The summed E-state index contributed by atoms with van der Waals surface area (Å²) in [5.74, 6) is 0. The molecule has 4 heteroatoms. The molecule has 81 valence electrons. The van der Waals surface area contributed by atoms with Crippen LogP contribution in [0, 0.1) is 6.07 Å². The second-order valence-electron chi connectivity index (χ2n) is 3.16. The van der Waals surface area contributed by atoms with Crippen LogP contribution in [0.15, 0.2) is 58.3 Å². The quantitative estimate of drug-likeness (QED) is 0.822. The highest BCUT2D eigenvalue weighted by Crippen LogP contribution is 2.26. The lowest BCUT2D eigenvalue weighted by Crippen LogP contribution is -2.02. The zero-order valence-corrected chi connectivity index (χ0v) is 9.79. The first-order chi connectivity index (χ1) is 7.62. The van der Waals surface area contributed by atoms with E-state index in [-0.39, 0.29) is 14.8 Å². The molecule has 2 rings (SSSR count). The van der Waals surface area contributed by atoms with Crippen molar-refractivity contribution in [3.8, 4) is 0 Å². The molecule has 0 unspecified atom stereocenters. The van der Waals surface area contributed by atoms with E-state index in [1.807, 2.05) is 0 Å². The largest absolute Gasteiger partial charge is 0.218 e. The third kappa shape index (κ3) is 1.96. The third-order valence-corrected chi connectivity index (χ3v) is 4.31. The Kier molecular flexibility index (Phi) is 2.99. The van der Waals surface area contributed by atoms with Crippen molar-refractivity contribution in [3.63, 3.8) is 0 Å². The van der Waals surface area contributed by atoms with Crippen LogP contribution in [0.25, 0.3) is 0 Å². The molecule has 0 aliphatic rings. The average molecular weight is 252 g/mol. The first-order valence-corrected chi connectivity index (χ1v) is 6.45. The molecule has 0 saturated heterocycles. The summed E-state index contributed by atoms with van der Waals surface area (Å²) in [7, 11) is -3.56. The summed E-state index contributed by atoms with van der Waals surface area (Å²) in [5.41, 5.74) is 0. The summed E-state index contributed by atoms with van der Waals surface area (Å²) in [6, 6.07) is 15.5. The fourth-order valence-corrected chi connectivity index (χ4v) is 3.07. The van der Waals surface area contributed by atoms with Crippen LogP contribution in [0.2, 0.25) is 5.02 Å². The summed E-state index contributed by atoms with van der Waals surface area (Å²) in [5, 5.41) is 0.222. The number of rotatable bonds is 2. The van der Waals surface area contributed by atoms with Crippen LogP contribution in [0.4, 0.5) is 0 Å². The Labute approximate surface area is 99.4 Å². The summed E-state index contributed by atoms with van der Waals surface area (Å²) >= 11 is 5.87. The van der Waals surface area contributed by atoms with E-state index < -0.39 is 9.84 Å². The number of hydrogen-bond acceptors (Lipinski definition) is 2. The van der Waals surface area contributed by atoms with Gasteiger partial charge in [-0.05, 0) is 18.2 Å². The van der Waals surface area contributed by atoms with Crippen LogP contribution in [0.1, 0.15) is 0 Å².